The second-order valence-electron chi connectivity index (χ2n) is 5.52. The molecule has 0 unspecified atom stereocenters. The Bertz CT molecular complexity index is 862. The van der Waals surface area contributed by atoms with Crippen LogP contribution in [0.25, 0.3) is 6.08 Å². The van der Waals surface area contributed by atoms with Crippen molar-refractivity contribution in [3.05, 3.63) is 64.3 Å². The van der Waals surface area contributed by atoms with Crippen LogP contribution >= 0.6 is 11.6 Å². The minimum absolute atomic E-state index is 0.187. The van der Waals surface area contributed by atoms with Crippen LogP contribution in [0.3, 0.4) is 0 Å². The molecule has 1 saturated heterocycles. The summed E-state index contributed by atoms with van der Waals surface area (Å²) in [6.45, 7) is 2.71. The minimum Gasteiger partial charge on any atom is -0.490 e. The molecule has 2 N–H and O–H groups in total. The Morgan fingerprint density at radius 2 is 1.77 bits per heavy atom. The van der Waals surface area contributed by atoms with Gasteiger partial charge in [-0.2, -0.15) is 0 Å². The van der Waals surface area contributed by atoms with Crippen molar-refractivity contribution >= 4 is 29.6 Å². The Balaban J connectivity index is 1.78. The van der Waals surface area contributed by atoms with Crippen LogP contribution in [0.4, 0.5) is 4.79 Å². The summed E-state index contributed by atoms with van der Waals surface area (Å²) in [5.74, 6) is 0.681. The van der Waals surface area contributed by atoms with E-state index >= 15 is 0 Å². The van der Waals surface area contributed by atoms with Crippen molar-refractivity contribution in [3.8, 4) is 11.5 Å². The molecule has 1 aliphatic rings. The largest absolute Gasteiger partial charge is 0.490 e. The molecule has 0 aliphatic carbocycles. The van der Waals surface area contributed by atoms with Crippen LogP contribution in [0.15, 0.2) is 48.2 Å². The first-order valence-electron chi connectivity index (χ1n) is 8.03. The van der Waals surface area contributed by atoms with E-state index in [1.807, 2.05) is 19.1 Å². The smallest absolute Gasteiger partial charge is 0.326 e. The first-order valence-corrected chi connectivity index (χ1v) is 8.41. The number of hydrogen-bond donors (Lipinski definition) is 2. The van der Waals surface area contributed by atoms with Crippen LogP contribution in [0.5, 0.6) is 11.5 Å². The lowest BCUT2D eigenvalue weighted by Gasteiger charge is -2.13. The fraction of sp³-hybridized carbons (Fsp3) is 0.158. The third-order valence-electron chi connectivity index (χ3n) is 3.61. The normalized spacial score (nSPS) is 14.9. The Labute approximate surface area is 155 Å². The quantitative estimate of drug-likeness (QED) is 0.601. The number of carbonyl (C=O) groups is 2. The maximum absolute atomic E-state index is 11.6. The SMILES string of the molecule is CCOc1cc(/C=C2\NC(=O)NC2=O)ccc1OCc1ccc(Cl)cc1. The zero-order valence-electron chi connectivity index (χ0n) is 14.0. The fourth-order valence-electron chi connectivity index (χ4n) is 2.39. The van der Waals surface area contributed by atoms with Gasteiger partial charge in [0, 0.05) is 5.02 Å². The van der Waals surface area contributed by atoms with Gasteiger partial charge in [0.15, 0.2) is 11.5 Å². The van der Waals surface area contributed by atoms with Gasteiger partial charge in [0.25, 0.3) is 5.91 Å². The van der Waals surface area contributed by atoms with E-state index in [4.69, 9.17) is 21.1 Å². The van der Waals surface area contributed by atoms with Crippen LogP contribution in [0.1, 0.15) is 18.1 Å². The summed E-state index contributed by atoms with van der Waals surface area (Å²) >= 11 is 5.88. The Morgan fingerprint density at radius 1 is 1.00 bits per heavy atom. The van der Waals surface area contributed by atoms with Gasteiger partial charge in [-0.1, -0.05) is 29.8 Å². The van der Waals surface area contributed by atoms with Gasteiger partial charge in [-0.15, -0.1) is 0 Å². The second-order valence-corrected chi connectivity index (χ2v) is 5.96. The van der Waals surface area contributed by atoms with Crippen LogP contribution < -0.4 is 20.1 Å². The number of urea groups is 1. The minimum atomic E-state index is -0.533. The van der Waals surface area contributed by atoms with Crippen molar-refractivity contribution in [1.29, 1.82) is 0 Å². The van der Waals surface area contributed by atoms with Gasteiger partial charge in [0.2, 0.25) is 0 Å². The maximum atomic E-state index is 11.6. The summed E-state index contributed by atoms with van der Waals surface area (Å²) in [6.07, 6.45) is 1.58. The topological polar surface area (TPSA) is 76.7 Å². The summed E-state index contributed by atoms with van der Waals surface area (Å²) in [5.41, 5.74) is 1.88. The van der Waals surface area contributed by atoms with Crippen molar-refractivity contribution in [2.24, 2.45) is 0 Å². The first kappa shape index (κ1) is 17.8. The van der Waals surface area contributed by atoms with Gasteiger partial charge in [-0.05, 0) is 48.4 Å². The van der Waals surface area contributed by atoms with E-state index in [2.05, 4.69) is 10.6 Å². The first-order chi connectivity index (χ1) is 12.5. The summed E-state index contributed by atoms with van der Waals surface area (Å²) in [5, 5.41) is 5.28. The monoisotopic (exact) mass is 372 g/mol. The molecule has 7 heteroatoms. The molecule has 0 bridgehead atoms. The molecule has 0 aromatic heterocycles. The standard InChI is InChI=1S/C19H17ClN2O4/c1-2-25-17-10-13(9-15-18(23)22-19(24)21-15)5-8-16(17)26-11-12-3-6-14(20)7-4-12/h3-10H,2,11H2,1H3,(H2,21,22,23,24)/b15-9-. The lowest BCUT2D eigenvalue weighted by molar-refractivity contribution is -0.115. The van der Waals surface area contributed by atoms with Crippen molar-refractivity contribution in [2.75, 3.05) is 6.61 Å². The highest BCUT2D eigenvalue weighted by atomic mass is 35.5. The molecule has 0 radical (unpaired) electrons. The molecule has 0 saturated carbocycles. The molecule has 0 atom stereocenters. The molecule has 1 fully saturated rings. The summed E-state index contributed by atoms with van der Waals surface area (Å²) in [7, 11) is 0. The Kier molecular flexibility index (Phi) is 5.43. The number of nitrogens with one attached hydrogen (secondary N) is 2. The average Bonchev–Trinajstić information content (AvgIpc) is 2.93. The summed E-state index contributed by atoms with van der Waals surface area (Å²) in [6, 6.07) is 12.2. The number of amides is 3. The highest BCUT2D eigenvalue weighted by Gasteiger charge is 2.22. The van der Waals surface area contributed by atoms with Crippen molar-refractivity contribution in [3.63, 3.8) is 0 Å². The van der Waals surface area contributed by atoms with Crippen LogP contribution in [0.2, 0.25) is 5.02 Å². The van der Waals surface area contributed by atoms with E-state index in [1.165, 1.54) is 0 Å². The van der Waals surface area contributed by atoms with Crippen LogP contribution in [-0.2, 0) is 11.4 Å². The maximum Gasteiger partial charge on any atom is 0.326 e. The van der Waals surface area contributed by atoms with Gasteiger partial charge in [0.1, 0.15) is 12.3 Å². The highest BCUT2D eigenvalue weighted by molar-refractivity contribution is 6.30. The third kappa shape index (κ3) is 4.34. The predicted molar refractivity (Wildman–Crippen MR) is 98.0 cm³/mol. The van der Waals surface area contributed by atoms with Gasteiger partial charge < -0.3 is 14.8 Å². The van der Waals surface area contributed by atoms with E-state index in [9.17, 15) is 9.59 Å². The highest BCUT2D eigenvalue weighted by Crippen LogP contribution is 2.30. The molecule has 1 aliphatic heterocycles. The molecule has 134 valence electrons. The third-order valence-corrected chi connectivity index (χ3v) is 3.86. The molecule has 6 nitrogen and oxygen atoms in total. The zero-order valence-corrected chi connectivity index (χ0v) is 14.8. The van der Waals surface area contributed by atoms with E-state index < -0.39 is 11.9 Å². The average molecular weight is 373 g/mol. The number of imide groups is 1. The molecular formula is C19H17ClN2O4. The lowest BCUT2D eigenvalue weighted by Crippen LogP contribution is -2.22. The molecule has 2 aromatic carbocycles. The van der Waals surface area contributed by atoms with E-state index in [-0.39, 0.29) is 5.70 Å². The van der Waals surface area contributed by atoms with Crippen LogP contribution in [0, 0.1) is 0 Å². The van der Waals surface area contributed by atoms with Crippen molar-refractivity contribution in [2.45, 2.75) is 13.5 Å². The van der Waals surface area contributed by atoms with Gasteiger partial charge >= 0.3 is 6.03 Å². The number of hydrogen-bond acceptors (Lipinski definition) is 4. The van der Waals surface area contributed by atoms with Gasteiger partial charge in [-0.3, -0.25) is 10.1 Å². The number of rotatable bonds is 6. The number of carbonyl (C=O) groups excluding carboxylic acids is 2. The van der Waals surface area contributed by atoms with E-state index in [0.29, 0.717) is 35.3 Å². The number of benzene rings is 2. The van der Waals surface area contributed by atoms with Gasteiger partial charge in [0.05, 0.1) is 6.61 Å². The second kappa shape index (κ2) is 7.93. The molecule has 26 heavy (non-hydrogen) atoms. The Hall–Kier alpha value is -2.99. The number of ether oxygens (including phenoxy) is 2. The molecule has 3 amide bonds. The van der Waals surface area contributed by atoms with E-state index in [1.54, 1.807) is 36.4 Å². The summed E-state index contributed by atoms with van der Waals surface area (Å²) < 4.78 is 11.5. The zero-order chi connectivity index (χ0) is 18.5. The van der Waals surface area contributed by atoms with Gasteiger partial charge in [-0.25, -0.2) is 4.79 Å². The molecule has 2 aromatic rings. The van der Waals surface area contributed by atoms with Crippen molar-refractivity contribution < 1.29 is 19.1 Å². The van der Waals surface area contributed by atoms with Crippen molar-refractivity contribution in [1.82, 2.24) is 10.6 Å². The molecule has 3 rings (SSSR count). The summed E-state index contributed by atoms with van der Waals surface area (Å²) in [4.78, 5) is 22.8. The fourth-order valence-corrected chi connectivity index (χ4v) is 2.52. The van der Waals surface area contributed by atoms with E-state index in [0.717, 1.165) is 5.56 Å². The molecule has 0 spiro atoms. The molecular weight excluding hydrogens is 356 g/mol. The van der Waals surface area contributed by atoms with Crippen LogP contribution in [-0.4, -0.2) is 18.5 Å². The Morgan fingerprint density at radius 3 is 2.42 bits per heavy atom. The predicted octanol–water partition coefficient (Wildman–Crippen LogP) is 3.50. The number of halogens is 1. The molecule has 1 heterocycles. The lowest BCUT2D eigenvalue weighted by atomic mass is 10.1.